The highest BCUT2D eigenvalue weighted by molar-refractivity contribution is 6.32. The van der Waals surface area contributed by atoms with Crippen molar-refractivity contribution in [1.29, 1.82) is 0 Å². The van der Waals surface area contributed by atoms with Crippen LogP contribution in [0, 0.1) is 0 Å². The van der Waals surface area contributed by atoms with Crippen LogP contribution < -0.4 is 4.74 Å². The van der Waals surface area contributed by atoms with Crippen molar-refractivity contribution in [2.45, 2.75) is 38.2 Å². The smallest absolute Gasteiger partial charge is 0.314 e. The summed E-state index contributed by atoms with van der Waals surface area (Å²) in [5.74, 6) is 0.0546. The van der Waals surface area contributed by atoms with Gasteiger partial charge in [0.05, 0.1) is 12.5 Å². The number of esters is 1. The van der Waals surface area contributed by atoms with Crippen LogP contribution in [0.2, 0.25) is 5.02 Å². The van der Waals surface area contributed by atoms with Crippen LogP contribution in [0.4, 0.5) is 0 Å². The SMILES string of the molecule is O=C(C[C@H](O)C1=C(c2ccccc2Cl)CCCC1)Oc1ccccc1. The van der Waals surface area contributed by atoms with Gasteiger partial charge in [-0.15, -0.1) is 0 Å². The molecular formula is C21H21ClO3. The standard InChI is InChI=1S/C21H21ClO3/c22-19-13-7-6-11-17(19)16-10-4-5-12-18(16)20(23)14-21(24)25-15-8-2-1-3-9-15/h1-3,6-9,11,13,20,23H,4-5,10,12,14H2/t20-/m0/s1. The van der Waals surface area contributed by atoms with Crippen molar-refractivity contribution < 1.29 is 14.6 Å². The first-order valence-corrected chi connectivity index (χ1v) is 8.93. The Kier molecular flexibility index (Phi) is 5.90. The van der Waals surface area contributed by atoms with E-state index >= 15 is 0 Å². The van der Waals surface area contributed by atoms with E-state index < -0.39 is 12.1 Å². The second-order valence-electron chi connectivity index (χ2n) is 6.20. The topological polar surface area (TPSA) is 46.5 Å². The van der Waals surface area contributed by atoms with Crippen molar-refractivity contribution >= 4 is 23.1 Å². The summed E-state index contributed by atoms with van der Waals surface area (Å²) in [6, 6.07) is 16.6. The van der Waals surface area contributed by atoms with E-state index in [0.717, 1.165) is 42.4 Å². The Balaban J connectivity index is 1.77. The van der Waals surface area contributed by atoms with E-state index in [1.807, 2.05) is 30.3 Å². The van der Waals surface area contributed by atoms with Crippen LogP contribution >= 0.6 is 11.6 Å². The third-order valence-electron chi connectivity index (χ3n) is 4.45. The monoisotopic (exact) mass is 356 g/mol. The number of para-hydroxylation sites is 1. The molecule has 0 radical (unpaired) electrons. The molecule has 0 saturated heterocycles. The fourth-order valence-electron chi connectivity index (χ4n) is 3.25. The molecule has 0 unspecified atom stereocenters. The molecule has 0 heterocycles. The fraction of sp³-hybridized carbons (Fsp3) is 0.286. The predicted molar refractivity (Wildman–Crippen MR) is 99.5 cm³/mol. The Hall–Kier alpha value is -2.10. The second-order valence-corrected chi connectivity index (χ2v) is 6.60. The van der Waals surface area contributed by atoms with Crippen LogP contribution in [0.5, 0.6) is 5.75 Å². The van der Waals surface area contributed by atoms with E-state index in [0.29, 0.717) is 10.8 Å². The molecule has 1 atom stereocenters. The first kappa shape index (κ1) is 17.7. The maximum absolute atomic E-state index is 12.1. The lowest BCUT2D eigenvalue weighted by molar-refractivity contribution is -0.136. The van der Waals surface area contributed by atoms with Gasteiger partial charge < -0.3 is 9.84 Å². The van der Waals surface area contributed by atoms with Crippen LogP contribution in [-0.2, 0) is 4.79 Å². The van der Waals surface area contributed by atoms with Crippen molar-refractivity contribution in [2.24, 2.45) is 0 Å². The third-order valence-corrected chi connectivity index (χ3v) is 4.78. The summed E-state index contributed by atoms with van der Waals surface area (Å²) in [4.78, 5) is 12.1. The predicted octanol–water partition coefficient (Wildman–Crippen LogP) is 5.02. The van der Waals surface area contributed by atoms with Crippen LogP contribution in [-0.4, -0.2) is 17.2 Å². The molecule has 4 heteroatoms. The molecule has 130 valence electrons. The molecule has 3 rings (SSSR count). The van der Waals surface area contributed by atoms with E-state index in [9.17, 15) is 9.90 Å². The number of carbonyl (C=O) groups is 1. The van der Waals surface area contributed by atoms with Crippen molar-refractivity contribution in [2.75, 3.05) is 0 Å². The number of carbonyl (C=O) groups excluding carboxylic acids is 1. The van der Waals surface area contributed by atoms with Crippen LogP contribution in [0.15, 0.2) is 60.2 Å². The molecule has 0 saturated carbocycles. The van der Waals surface area contributed by atoms with Gasteiger partial charge in [0.15, 0.2) is 0 Å². The minimum absolute atomic E-state index is 0.0574. The van der Waals surface area contributed by atoms with Crippen LogP contribution in [0.1, 0.15) is 37.7 Å². The third kappa shape index (κ3) is 4.50. The van der Waals surface area contributed by atoms with Gasteiger partial charge in [0, 0.05) is 5.02 Å². The van der Waals surface area contributed by atoms with Gasteiger partial charge in [0.2, 0.25) is 0 Å². The molecule has 0 aliphatic heterocycles. The van der Waals surface area contributed by atoms with E-state index in [1.165, 1.54) is 0 Å². The van der Waals surface area contributed by atoms with Gasteiger partial charge in [-0.1, -0.05) is 48.0 Å². The number of hydrogen-bond donors (Lipinski definition) is 1. The molecule has 1 aliphatic carbocycles. The largest absolute Gasteiger partial charge is 0.426 e. The maximum atomic E-state index is 12.1. The summed E-state index contributed by atoms with van der Waals surface area (Å²) < 4.78 is 5.29. The summed E-state index contributed by atoms with van der Waals surface area (Å²) >= 11 is 6.33. The highest BCUT2D eigenvalue weighted by Crippen LogP contribution is 2.37. The zero-order chi connectivity index (χ0) is 17.6. The normalized spacial score (nSPS) is 15.8. The number of benzene rings is 2. The van der Waals surface area contributed by atoms with E-state index in [2.05, 4.69) is 0 Å². The van der Waals surface area contributed by atoms with Crippen molar-refractivity contribution in [3.05, 3.63) is 70.8 Å². The summed E-state index contributed by atoms with van der Waals surface area (Å²) in [6.07, 6.45) is 2.81. The van der Waals surface area contributed by atoms with Crippen molar-refractivity contribution in [3.63, 3.8) is 0 Å². The first-order chi connectivity index (χ1) is 12.1. The molecule has 0 spiro atoms. The Bertz CT molecular complexity index is 768. The summed E-state index contributed by atoms with van der Waals surface area (Å²) in [5, 5.41) is 11.3. The molecule has 1 aliphatic rings. The van der Waals surface area contributed by atoms with Crippen molar-refractivity contribution in [3.8, 4) is 5.75 Å². The van der Waals surface area contributed by atoms with Gasteiger partial charge >= 0.3 is 5.97 Å². The van der Waals surface area contributed by atoms with Gasteiger partial charge in [-0.05, 0) is 60.6 Å². The molecule has 0 bridgehead atoms. The molecule has 2 aromatic rings. The minimum Gasteiger partial charge on any atom is -0.426 e. The lowest BCUT2D eigenvalue weighted by Crippen LogP contribution is -2.22. The maximum Gasteiger partial charge on any atom is 0.314 e. The average Bonchev–Trinajstić information content (AvgIpc) is 2.63. The number of aliphatic hydroxyl groups excluding tert-OH is 1. The fourth-order valence-corrected chi connectivity index (χ4v) is 3.50. The second kappa shape index (κ2) is 8.32. The molecule has 0 fully saturated rings. The number of halogens is 1. The Morgan fingerprint density at radius 1 is 1.04 bits per heavy atom. The molecule has 0 aromatic heterocycles. The Morgan fingerprint density at radius 3 is 2.48 bits per heavy atom. The average molecular weight is 357 g/mol. The molecule has 2 aromatic carbocycles. The summed E-state index contributed by atoms with van der Waals surface area (Å²) in [6.45, 7) is 0. The molecular weight excluding hydrogens is 336 g/mol. The summed E-state index contributed by atoms with van der Waals surface area (Å²) in [7, 11) is 0. The highest BCUT2D eigenvalue weighted by Gasteiger charge is 2.24. The molecule has 3 nitrogen and oxygen atoms in total. The zero-order valence-electron chi connectivity index (χ0n) is 14.0. The van der Waals surface area contributed by atoms with Gasteiger partial charge in [0.1, 0.15) is 5.75 Å². The highest BCUT2D eigenvalue weighted by atomic mass is 35.5. The number of ether oxygens (including phenoxy) is 1. The van der Waals surface area contributed by atoms with Gasteiger partial charge in [-0.3, -0.25) is 4.79 Å². The lowest BCUT2D eigenvalue weighted by Gasteiger charge is -2.25. The van der Waals surface area contributed by atoms with Crippen molar-refractivity contribution in [1.82, 2.24) is 0 Å². The molecule has 0 amide bonds. The lowest BCUT2D eigenvalue weighted by atomic mass is 9.84. The van der Waals surface area contributed by atoms with Gasteiger partial charge in [-0.2, -0.15) is 0 Å². The Morgan fingerprint density at radius 2 is 1.72 bits per heavy atom. The zero-order valence-corrected chi connectivity index (χ0v) is 14.7. The van der Waals surface area contributed by atoms with E-state index in [-0.39, 0.29) is 6.42 Å². The number of rotatable bonds is 5. The first-order valence-electron chi connectivity index (χ1n) is 8.56. The minimum atomic E-state index is -0.845. The number of allylic oxidation sites excluding steroid dienone is 1. The molecule has 25 heavy (non-hydrogen) atoms. The van der Waals surface area contributed by atoms with Gasteiger partial charge in [0.25, 0.3) is 0 Å². The Labute approximate surface area is 152 Å². The molecule has 1 N–H and O–H groups in total. The van der Waals surface area contributed by atoms with Crippen LogP contribution in [0.3, 0.4) is 0 Å². The number of hydrogen-bond acceptors (Lipinski definition) is 3. The number of aliphatic hydroxyl groups is 1. The van der Waals surface area contributed by atoms with E-state index in [1.54, 1.807) is 24.3 Å². The summed E-state index contributed by atoms with van der Waals surface area (Å²) in [5.41, 5.74) is 2.93. The quantitative estimate of drug-likeness (QED) is 0.604. The van der Waals surface area contributed by atoms with E-state index in [4.69, 9.17) is 16.3 Å². The van der Waals surface area contributed by atoms with Gasteiger partial charge in [-0.25, -0.2) is 0 Å². The van der Waals surface area contributed by atoms with Crippen LogP contribution in [0.25, 0.3) is 5.57 Å².